The zero-order valence-electron chi connectivity index (χ0n) is 16.0. The van der Waals surface area contributed by atoms with Gasteiger partial charge in [0, 0.05) is 11.6 Å². The maximum Gasteiger partial charge on any atom is 0.251 e. The van der Waals surface area contributed by atoms with Crippen molar-refractivity contribution in [1.29, 1.82) is 0 Å². The van der Waals surface area contributed by atoms with Crippen LogP contribution in [0, 0.1) is 0 Å². The van der Waals surface area contributed by atoms with Crippen molar-refractivity contribution in [2.45, 2.75) is 12.5 Å². The summed E-state index contributed by atoms with van der Waals surface area (Å²) in [6.07, 6.45) is 0.0871. The smallest absolute Gasteiger partial charge is 0.251 e. The molecule has 1 unspecified atom stereocenters. The molecule has 3 N–H and O–H groups in total. The topological polar surface area (TPSA) is 86.9 Å². The third-order valence-electron chi connectivity index (χ3n) is 4.56. The SMILES string of the molecule is O=C(CC(NC(=O)c1ccccc1)c1ccccc1)Nc1cc(-c2cccs2)[nH]n1. The van der Waals surface area contributed by atoms with E-state index in [1.807, 2.05) is 66.0 Å². The lowest BCUT2D eigenvalue weighted by Gasteiger charge is -2.19. The molecule has 30 heavy (non-hydrogen) atoms. The molecule has 2 heterocycles. The Bertz CT molecular complexity index is 1110. The van der Waals surface area contributed by atoms with Gasteiger partial charge in [0.05, 0.1) is 23.0 Å². The highest BCUT2D eigenvalue weighted by Gasteiger charge is 2.20. The number of carbonyl (C=O) groups excluding carboxylic acids is 2. The first-order valence-electron chi connectivity index (χ1n) is 9.49. The normalized spacial score (nSPS) is 11.6. The molecule has 2 aromatic heterocycles. The maximum absolute atomic E-state index is 12.7. The van der Waals surface area contributed by atoms with Gasteiger partial charge in [0.2, 0.25) is 5.91 Å². The average molecular weight is 417 g/mol. The van der Waals surface area contributed by atoms with Crippen molar-refractivity contribution in [3.05, 3.63) is 95.4 Å². The monoisotopic (exact) mass is 416 g/mol. The molecule has 0 aliphatic carbocycles. The number of amides is 2. The molecule has 0 saturated heterocycles. The first kappa shape index (κ1) is 19.6. The van der Waals surface area contributed by atoms with Crippen LogP contribution in [0.4, 0.5) is 5.82 Å². The highest BCUT2D eigenvalue weighted by Crippen LogP contribution is 2.25. The van der Waals surface area contributed by atoms with E-state index in [1.165, 1.54) is 0 Å². The molecule has 4 rings (SSSR count). The summed E-state index contributed by atoms with van der Waals surface area (Å²) in [4.78, 5) is 26.4. The van der Waals surface area contributed by atoms with Crippen molar-refractivity contribution in [2.24, 2.45) is 0 Å². The van der Waals surface area contributed by atoms with Crippen LogP contribution in [0.1, 0.15) is 28.4 Å². The fourth-order valence-electron chi connectivity index (χ4n) is 3.09. The maximum atomic E-state index is 12.7. The molecule has 0 bridgehead atoms. The van der Waals surface area contributed by atoms with Gasteiger partial charge in [0.1, 0.15) is 0 Å². The number of aromatic nitrogens is 2. The minimum atomic E-state index is -0.463. The van der Waals surface area contributed by atoms with Crippen molar-refractivity contribution in [3.63, 3.8) is 0 Å². The van der Waals surface area contributed by atoms with E-state index < -0.39 is 6.04 Å². The fourth-order valence-corrected chi connectivity index (χ4v) is 3.78. The number of carbonyl (C=O) groups is 2. The first-order chi connectivity index (χ1) is 14.7. The summed E-state index contributed by atoms with van der Waals surface area (Å²) in [5.41, 5.74) is 2.25. The Labute approximate surface area is 178 Å². The van der Waals surface area contributed by atoms with Crippen LogP contribution in [0.3, 0.4) is 0 Å². The van der Waals surface area contributed by atoms with Crippen LogP contribution in [-0.4, -0.2) is 22.0 Å². The standard InChI is InChI=1S/C23H20N4O2S/c28-22(25-21-14-19(26-27-21)20-12-7-13-30-20)15-18(16-8-3-1-4-9-16)24-23(29)17-10-5-2-6-11-17/h1-14,18H,15H2,(H,24,29)(H2,25,26,27,28). The second-order valence-corrected chi connectivity index (χ2v) is 7.65. The van der Waals surface area contributed by atoms with Gasteiger partial charge in [-0.15, -0.1) is 11.3 Å². The minimum absolute atomic E-state index is 0.0871. The molecule has 0 aliphatic rings. The minimum Gasteiger partial charge on any atom is -0.345 e. The lowest BCUT2D eigenvalue weighted by molar-refractivity contribution is -0.116. The Kier molecular flexibility index (Phi) is 6.01. The highest BCUT2D eigenvalue weighted by molar-refractivity contribution is 7.13. The number of nitrogens with one attached hydrogen (secondary N) is 3. The van der Waals surface area contributed by atoms with Gasteiger partial charge in [-0.05, 0) is 29.1 Å². The van der Waals surface area contributed by atoms with Crippen molar-refractivity contribution in [2.75, 3.05) is 5.32 Å². The Hall–Kier alpha value is -3.71. The molecule has 0 saturated carbocycles. The van der Waals surface area contributed by atoms with Crippen LogP contribution in [0.15, 0.2) is 84.2 Å². The number of anilines is 1. The Balaban J connectivity index is 1.46. The number of rotatable bonds is 7. The largest absolute Gasteiger partial charge is 0.345 e. The second-order valence-electron chi connectivity index (χ2n) is 6.70. The fraction of sp³-hybridized carbons (Fsp3) is 0.0870. The summed E-state index contributed by atoms with van der Waals surface area (Å²) < 4.78 is 0. The Morgan fingerprint density at radius 3 is 2.40 bits per heavy atom. The van der Waals surface area contributed by atoms with Crippen LogP contribution in [-0.2, 0) is 4.79 Å². The summed E-state index contributed by atoms with van der Waals surface area (Å²) in [5, 5.41) is 14.8. The van der Waals surface area contributed by atoms with Gasteiger partial charge < -0.3 is 10.6 Å². The van der Waals surface area contributed by atoms with Gasteiger partial charge in [0.15, 0.2) is 5.82 Å². The summed E-state index contributed by atoms with van der Waals surface area (Å²) >= 11 is 1.59. The zero-order valence-corrected chi connectivity index (χ0v) is 16.9. The summed E-state index contributed by atoms with van der Waals surface area (Å²) in [6, 6.07) is 23.7. The number of H-pyrrole nitrogens is 1. The molecule has 2 aromatic carbocycles. The number of benzene rings is 2. The molecular formula is C23H20N4O2S. The molecule has 0 aliphatic heterocycles. The van der Waals surface area contributed by atoms with Gasteiger partial charge in [0.25, 0.3) is 5.91 Å². The molecule has 0 radical (unpaired) electrons. The van der Waals surface area contributed by atoms with E-state index in [0.717, 1.165) is 16.1 Å². The van der Waals surface area contributed by atoms with Crippen LogP contribution in [0.25, 0.3) is 10.6 Å². The van der Waals surface area contributed by atoms with Crippen LogP contribution < -0.4 is 10.6 Å². The van der Waals surface area contributed by atoms with Gasteiger partial charge in [-0.3, -0.25) is 14.7 Å². The summed E-state index contributed by atoms with van der Waals surface area (Å²) in [6.45, 7) is 0. The quantitative estimate of drug-likeness (QED) is 0.410. The molecular weight excluding hydrogens is 396 g/mol. The van der Waals surface area contributed by atoms with E-state index in [4.69, 9.17) is 0 Å². The molecule has 0 fully saturated rings. The lowest BCUT2D eigenvalue weighted by atomic mass is 10.0. The van der Waals surface area contributed by atoms with Gasteiger partial charge in [-0.25, -0.2) is 0 Å². The second kappa shape index (κ2) is 9.19. The van der Waals surface area contributed by atoms with E-state index in [9.17, 15) is 9.59 Å². The number of hydrogen-bond donors (Lipinski definition) is 3. The molecule has 4 aromatic rings. The molecule has 7 heteroatoms. The lowest BCUT2D eigenvalue weighted by Crippen LogP contribution is -2.31. The highest BCUT2D eigenvalue weighted by atomic mass is 32.1. The summed E-state index contributed by atoms with van der Waals surface area (Å²) in [7, 11) is 0. The molecule has 6 nitrogen and oxygen atoms in total. The predicted molar refractivity (Wildman–Crippen MR) is 118 cm³/mol. The number of thiophene rings is 1. The van der Waals surface area contributed by atoms with Crippen molar-refractivity contribution < 1.29 is 9.59 Å². The van der Waals surface area contributed by atoms with Gasteiger partial charge >= 0.3 is 0 Å². The van der Waals surface area contributed by atoms with E-state index >= 15 is 0 Å². The van der Waals surface area contributed by atoms with Crippen molar-refractivity contribution >= 4 is 29.0 Å². The zero-order chi connectivity index (χ0) is 20.8. The molecule has 2 amide bonds. The van der Waals surface area contributed by atoms with E-state index in [2.05, 4.69) is 20.8 Å². The van der Waals surface area contributed by atoms with E-state index in [-0.39, 0.29) is 18.2 Å². The number of hydrogen-bond acceptors (Lipinski definition) is 4. The van der Waals surface area contributed by atoms with Gasteiger partial charge in [-0.2, -0.15) is 5.10 Å². The average Bonchev–Trinajstić information content (AvgIpc) is 3.46. The number of aromatic amines is 1. The van der Waals surface area contributed by atoms with E-state index in [1.54, 1.807) is 29.5 Å². The summed E-state index contributed by atoms with van der Waals surface area (Å²) in [5.74, 6) is -0.0111. The van der Waals surface area contributed by atoms with Crippen LogP contribution in [0.5, 0.6) is 0 Å². The van der Waals surface area contributed by atoms with Crippen molar-refractivity contribution in [3.8, 4) is 10.6 Å². The number of nitrogens with zero attached hydrogens (tertiary/aromatic N) is 1. The van der Waals surface area contributed by atoms with Crippen LogP contribution >= 0.6 is 11.3 Å². The molecule has 1 atom stereocenters. The predicted octanol–water partition coefficient (Wildman–Crippen LogP) is 4.64. The molecule has 0 spiro atoms. The van der Waals surface area contributed by atoms with Crippen LogP contribution in [0.2, 0.25) is 0 Å². The molecule has 150 valence electrons. The Morgan fingerprint density at radius 2 is 1.70 bits per heavy atom. The Morgan fingerprint density at radius 1 is 0.967 bits per heavy atom. The van der Waals surface area contributed by atoms with Gasteiger partial charge in [-0.1, -0.05) is 54.6 Å². The third kappa shape index (κ3) is 4.82. The third-order valence-corrected chi connectivity index (χ3v) is 5.47. The van der Waals surface area contributed by atoms with E-state index in [0.29, 0.717) is 11.4 Å². The van der Waals surface area contributed by atoms with Crippen molar-refractivity contribution in [1.82, 2.24) is 15.5 Å². The first-order valence-corrected chi connectivity index (χ1v) is 10.4.